The van der Waals surface area contributed by atoms with Gasteiger partial charge in [0, 0.05) is 23.6 Å². The SMILES string of the molecule is COc1nc(-n2ccnc2-c2ccc(N)cc2)ncc1Br. The maximum absolute atomic E-state index is 5.71. The number of ether oxygens (including phenoxy) is 1. The molecule has 6 nitrogen and oxygen atoms in total. The average molecular weight is 346 g/mol. The Kier molecular flexibility index (Phi) is 3.57. The van der Waals surface area contributed by atoms with Crippen LogP contribution in [0.2, 0.25) is 0 Å². The highest BCUT2D eigenvalue weighted by atomic mass is 79.9. The van der Waals surface area contributed by atoms with Crippen molar-refractivity contribution in [2.45, 2.75) is 0 Å². The number of nitrogens with two attached hydrogens (primary N) is 1. The summed E-state index contributed by atoms with van der Waals surface area (Å²) >= 11 is 3.34. The number of methoxy groups -OCH3 is 1. The minimum Gasteiger partial charge on any atom is -0.480 e. The van der Waals surface area contributed by atoms with E-state index in [0.29, 0.717) is 22.0 Å². The topological polar surface area (TPSA) is 78.8 Å². The number of halogens is 1. The molecule has 1 aromatic carbocycles. The molecule has 2 aromatic heterocycles. The molecular formula is C14H12BrN5O. The van der Waals surface area contributed by atoms with Gasteiger partial charge in [0.25, 0.3) is 0 Å². The number of aromatic nitrogens is 4. The van der Waals surface area contributed by atoms with Crippen LogP contribution >= 0.6 is 15.9 Å². The van der Waals surface area contributed by atoms with Crippen LogP contribution in [0.15, 0.2) is 47.3 Å². The third-order valence-electron chi connectivity index (χ3n) is 2.92. The Balaban J connectivity index is 2.08. The molecule has 0 unspecified atom stereocenters. The highest BCUT2D eigenvalue weighted by Crippen LogP contribution is 2.25. The lowest BCUT2D eigenvalue weighted by Gasteiger charge is -2.08. The van der Waals surface area contributed by atoms with Gasteiger partial charge in [-0.3, -0.25) is 4.57 Å². The summed E-state index contributed by atoms with van der Waals surface area (Å²) in [4.78, 5) is 13.0. The van der Waals surface area contributed by atoms with Crippen molar-refractivity contribution in [3.8, 4) is 23.2 Å². The first-order valence-corrected chi connectivity index (χ1v) is 6.94. The fourth-order valence-electron chi connectivity index (χ4n) is 1.91. The number of nitrogens with zero attached hydrogens (tertiary/aromatic N) is 4. The van der Waals surface area contributed by atoms with E-state index in [1.54, 1.807) is 30.3 Å². The van der Waals surface area contributed by atoms with Crippen LogP contribution in [0.4, 0.5) is 5.69 Å². The van der Waals surface area contributed by atoms with Crippen LogP contribution < -0.4 is 10.5 Å². The van der Waals surface area contributed by atoms with E-state index in [-0.39, 0.29) is 0 Å². The van der Waals surface area contributed by atoms with Crippen LogP contribution in [0, 0.1) is 0 Å². The van der Waals surface area contributed by atoms with Gasteiger partial charge in [-0.1, -0.05) is 0 Å². The summed E-state index contributed by atoms with van der Waals surface area (Å²) in [5, 5.41) is 0. The molecule has 0 atom stereocenters. The number of anilines is 1. The van der Waals surface area contributed by atoms with Crippen LogP contribution in [0.3, 0.4) is 0 Å². The molecule has 3 aromatic rings. The summed E-state index contributed by atoms with van der Waals surface area (Å²) in [5.41, 5.74) is 7.35. The van der Waals surface area contributed by atoms with Gasteiger partial charge < -0.3 is 10.5 Å². The number of rotatable bonds is 3. The minimum atomic E-state index is 0.469. The van der Waals surface area contributed by atoms with Crippen molar-refractivity contribution in [1.82, 2.24) is 19.5 Å². The normalized spacial score (nSPS) is 10.6. The van der Waals surface area contributed by atoms with Gasteiger partial charge >= 0.3 is 0 Å². The number of nitrogen functional groups attached to an aromatic ring is 1. The van der Waals surface area contributed by atoms with Crippen LogP contribution in [0.5, 0.6) is 5.88 Å². The summed E-state index contributed by atoms with van der Waals surface area (Å²) in [7, 11) is 1.56. The molecule has 2 heterocycles. The fraction of sp³-hybridized carbons (Fsp3) is 0.0714. The molecule has 0 radical (unpaired) electrons. The molecule has 0 amide bonds. The zero-order valence-electron chi connectivity index (χ0n) is 11.2. The van der Waals surface area contributed by atoms with Gasteiger partial charge in [-0.2, -0.15) is 4.98 Å². The molecule has 21 heavy (non-hydrogen) atoms. The largest absolute Gasteiger partial charge is 0.480 e. The van der Waals surface area contributed by atoms with Crippen LogP contribution in [-0.4, -0.2) is 26.6 Å². The van der Waals surface area contributed by atoms with E-state index < -0.39 is 0 Å². The maximum atomic E-state index is 5.71. The van der Waals surface area contributed by atoms with Gasteiger partial charge in [-0.05, 0) is 40.2 Å². The van der Waals surface area contributed by atoms with Crippen molar-refractivity contribution in [3.05, 3.63) is 47.3 Å². The Bertz CT molecular complexity index is 769. The molecule has 2 N–H and O–H groups in total. The van der Waals surface area contributed by atoms with Crippen molar-refractivity contribution in [1.29, 1.82) is 0 Å². The first kappa shape index (κ1) is 13.6. The zero-order chi connectivity index (χ0) is 14.8. The first-order valence-electron chi connectivity index (χ1n) is 6.15. The van der Waals surface area contributed by atoms with Gasteiger partial charge in [-0.15, -0.1) is 0 Å². The lowest BCUT2D eigenvalue weighted by molar-refractivity contribution is 0.393. The Hall–Kier alpha value is -2.41. The molecule has 0 spiro atoms. The van der Waals surface area contributed by atoms with E-state index in [4.69, 9.17) is 10.5 Å². The summed E-state index contributed by atoms with van der Waals surface area (Å²) in [6, 6.07) is 7.48. The van der Waals surface area contributed by atoms with Gasteiger partial charge in [-0.25, -0.2) is 9.97 Å². The second kappa shape index (κ2) is 5.53. The zero-order valence-corrected chi connectivity index (χ0v) is 12.8. The maximum Gasteiger partial charge on any atom is 0.238 e. The molecule has 106 valence electrons. The molecule has 0 aliphatic carbocycles. The van der Waals surface area contributed by atoms with Gasteiger partial charge in [0.05, 0.1) is 17.8 Å². The average Bonchev–Trinajstić information content (AvgIpc) is 2.98. The predicted octanol–water partition coefficient (Wildman–Crippen LogP) is 2.68. The molecule has 0 fully saturated rings. The molecule has 0 saturated carbocycles. The number of hydrogen-bond acceptors (Lipinski definition) is 5. The van der Waals surface area contributed by atoms with Gasteiger partial charge in [0.15, 0.2) is 0 Å². The fourth-order valence-corrected chi connectivity index (χ4v) is 2.27. The van der Waals surface area contributed by atoms with Gasteiger partial charge in [0.2, 0.25) is 11.8 Å². The smallest absolute Gasteiger partial charge is 0.238 e. The van der Waals surface area contributed by atoms with E-state index in [0.717, 1.165) is 11.4 Å². The van der Waals surface area contributed by atoms with E-state index in [2.05, 4.69) is 30.9 Å². The van der Waals surface area contributed by atoms with E-state index in [1.165, 1.54) is 0 Å². The molecule has 3 rings (SSSR count). The van der Waals surface area contributed by atoms with Crippen molar-refractivity contribution in [2.75, 3.05) is 12.8 Å². The van der Waals surface area contributed by atoms with Crippen LogP contribution in [0.1, 0.15) is 0 Å². The Morgan fingerprint density at radius 3 is 2.67 bits per heavy atom. The summed E-state index contributed by atoms with van der Waals surface area (Å²) in [6.07, 6.45) is 5.14. The second-order valence-corrected chi connectivity index (χ2v) is 5.12. The third kappa shape index (κ3) is 2.59. The first-order chi connectivity index (χ1) is 10.2. The molecule has 0 saturated heterocycles. The standard InChI is InChI=1S/C14H12BrN5O/c1-21-13-11(15)8-18-14(19-13)20-7-6-17-12(20)9-2-4-10(16)5-3-9/h2-8H,16H2,1H3. The van der Waals surface area contributed by atoms with Crippen LogP contribution in [-0.2, 0) is 0 Å². The molecule has 0 aliphatic rings. The summed E-state index contributed by atoms with van der Waals surface area (Å²) in [6.45, 7) is 0. The highest BCUT2D eigenvalue weighted by molar-refractivity contribution is 9.10. The van der Waals surface area contributed by atoms with Crippen molar-refractivity contribution in [2.24, 2.45) is 0 Å². The highest BCUT2D eigenvalue weighted by Gasteiger charge is 2.12. The minimum absolute atomic E-state index is 0.469. The Labute approximate surface area is 129 Å². The lowest BCUT2D eigenvalue weighted by Crippen LogP contribution is -2.04. The molecular weight excluding hydrogens is 334 g/mol. The third-order valence-corrected chi connectivity index (χ3v) is 3.46. The quantitative estimate of drug-likeness (QED) is 0.738. The molecule has 0 bridgehead atoms. The summed E-state index contributed by atoms with van der Waals surface area (Å²) < 4.78 is 7.69. The van der Waals surface area contributed by atoms with Crippen LogP contribution in [0.25, 0.3) is 17.3 Å². The predicted molar refractivity (Wildman–Crippen MR) is 83.3 cm³/mol. The lowest BCUT2D eigenvalue weighted by atomic mass is 10.2. The van der Waals surface area contributed by atoms with Gasteiger partial charge in [0.1, 0.15) is 5.82 Å². The van der Waals surface area contributed by atoms with Crippen molar-refractivity contribution < 1.29 is 4.74 Å². The second-order valence-electron chi connectivity index (χ2n) is 4.27. The van der Waals surface area contributed by atoms with Crippen molar-refractivity contribution >= 4 is 21.6 Å². The molecule has 7 heteroatoms. The Morgan fingerprint density at radius 1 is 1.19 bits per heavy atom. The van der Waals surface area contributed by atoms with E-state index >= 15 is 0 Å². The summed E-state index contributed by atoms with van der Waals surface area (Å²) in [5.74, 6) is 1.69. The molecule has 0 aliphatic heterocycles. The van der Waals surface area contributed by atoms with Crippen molar-refractivity contribution in [3.63, 3.8) is 0 Å². The Morgan fingerprint density at radius 2 is 1.95 bits per heavy atom. The number of hydrogen-bond donors (Lipinski definition) is 1. The van der Waals surface area contributed by atoms with E-state index in [9.17, 15) is 0 Å². The van der Waals surface area contributed by atoms with E-state index in [1.807, 2.05) is 24.3 Å². The number of imidazole rings is 1. The number of benzene rings is 1. The monoisotopic (exact) mass is 345 g/mol.